The van der Waals surface area contributed by atoms with Gasteiger partial charge in [-0.2, -0.15) is 13.7 Å². The predicted octanol–water partition coefficient (Wildman–Crippen LogP) is 0.375. The molecule has 0 N–H and O–H groups in total. The van der Waals surface area contributed by atoms with Crippen molar-refractivity contribution >= 4 is 10.2 Å². The van der Waals surface area contributed by atoms with Crippen molar-refractivity contribution < 1.29 is 21.8 Å². The molecule has 0 bridgehead atoms. The van der Waals surface area contributed by atoms with Crippen LogP contribution < -0.4 is 0 Å². The normalized spacial score (nSPS) is 20.8. The largest absolute Gasteiger partial charge is 0.381 e. The molecule has 1 saturated heterocycles. The Morgan fingerprint density at radius 3 is 2.53 bits per heavy atom. The molecule has 0 aliphatic carbocycles. The Bertz CT molecular complexity index is 342. The number of halogens is 1. The van der Waals surface area contributed by atoms with Gasteiger partial charge in [0, 0.05) is 12.8 Å². The Labute approximate surface area is 88.0 Å². The third-order valence-corrected chi connectivity index (χ3v) is 2.86. The topological polar surface area (TPSA) is 76.4 Å². The van der Waals surface area contributed by atoms with Gasteiger partial charge in [-0.15, -0.1) is 3.89 Å². The van der Waals surface area contributed by atoms with Crippen molar-refractivity contribution in [2.24, 2.45) is 0 Å². The highest BCUT2D eigenvalue weighted by Gasteiger charge is 2.33. The lowest BCUT2D eigenvalue weighted by molar-refractivity contribution is -0.0709. The molecule has 0 spiro atoms. The van der Waals surface area contributed by atoms with Gasteiger partial charge in [0.2, 0.25) is 0 Å². The SMILES string of the molecule is N#CC1(OCCS(=O)(=O)F)CCOCC1. The fraction of sp³-hybridized carbons (Fsp3) is 0.875. The minimum absolute atomic E-state index is 0.299. The molecule has 0 unspecified atom stereocenters. The average molecular weight is 237 g/mol. The van der Waals surface area contributed by atoms with Crippen LogP contribution in [0.25, 0.3) is 0 Å². The van der Waals surface area contributed by atoms with Gasteiger partial charge in [-0.05, 0) is 0 Å². The lowest BCUT2D eigenvalue weighted by Crippen LogP contribution is -2.38. The third kappa shape index (κ3) is 4.11. The molecule has 0 aromatic heterocycles. The first-order valence-corrected chi connectivity index (χ1v) is 6.08. The van der Waals surface area contributed by atoms with Crippen LogP contribution in [-0.4, -0.2) is 39.6 Å². The van der Waals surface area contributed by atoms with Gasteiger partial charge in [-0.3, -0.25) is 0 Å². The summed E-state index contributed by atoms with van der Waals surface area (Å²) in [6.45, 7) is 0.498. The van der Waals surface area contributed by atoms with E-state index >= 15 is 0 Å². The number of ether oxygens (including phenoxy) is 2. The van der Waals surface area contributed by atoms with Gasteiger partial charge in [0.05, 0.1) is 25.9 Å². The zero-order valence-electron chi connectivity index (χ0n) is 8.11. The van der Waals surface area contributed by atoms with Gasteiger partial charge in [0.25, 0.3) is 0 Å². The number of nitriles is 1. The second kappa shape index (κ2) is 4.88. The molecule has 1 aliphatic heterocycles. The standard InChI is InChI=1S/C8H12FNO4S/c9-15(11,12)6-5-14-8(7-10)1-3-13-4-2-8/h1-6H2. The molecule has 0 saturated carbocycles. The van der Waals surface area contributed by atoms with Crippen LogP contribution in [-0.2, 0) is 19.7 Å². The molecule has 5 nitrogen and oxygen atoms in total. The van der Waals surface area contributed by atoms with Gasteiger partial charge in [-0.25, -0.2) is 0 Å². The minimum Gasteiger partial charge on any atom is -0.381 e. The van der Waals surface area contributed by atoms with Crippen molar-refractivity contribution in [3.05, 3.63) is 0 Å². The lowest BCUT2D eigenvalue weighted by Gasteiger charge is -2.30. The number of rotatable bonds is 4. The maximum absolute atomic E-state index is 12.2. The summed E-state index contributed by atoms with van der Waals surface area (Å²) in [5, 5.41) is 8.90. The summed E-state index contributed by atoms with van der Waals surface area (Å²) in [6.07, 6.45) is 0.770. The Hall–Kier alpha value is -0.710. The summed E-state index contributed by atoms with van der Waals surface area (Å²) in [5.74, 6) is -0.711. The fourth-order valence-corrected chi connectivity index (χ4v) is 1.61. The summed E-state index contributed by atoms with van der Waals surface area (Å²) in [7, 11) is -4.53. The molecule has 0 atom stereocenters. The van der Waals surface area contributed by atoms with E-state index in [1.807, 2.05) is 6.07 Å². The zero-order valence-corrected chi connectivity index (χ0v) is 8.93. The van der Waals surface area contributed by atoms with Crippen LogP contribution in [0.4, 0.5) is 3.89 Å². The van der Waals surface area contributed by atoms with E-state index < -0.39 is 21.6 Å². The Balaban J connectivity index is 2.44. The highest BCUT2D eigenvalue weighted by Crippen LogP contribution is 2.24. The smallest absolute Gasteiger partial charge is 0.304 e. The number of hydrogen-bond acceptors (Lipinski definition) is 5. The summed E-state index contributed by atoms with van der Waals surface area (Å²) in [4.78, 5) is 0. The van der Waals surface area contributed by atoms with Crippen molar-refractivity contribution in [3.63, 3.8) is 0 Å². The molecule has 1 aliphatic rings. The molecule has 0 aromatic rings. The van der Waals surface area contributed by atoms with Crippen LogP contribution in [0.3, 0.4) is 0 Å². The van der Waals surface area contributed by atoms with Crippen molar-refractivity contribution in [1.29, 1.82) is 5.26 Å². The number of nitrogens with zero attached hydrogens (tertiary/aromatic N) is 1. The highest BCUT2D eigenvalue weighted by molar-refractivity contribution is 7.86. The summed E-state index contributed by atoms with van der Waals surface area (Å²) in [6, 6.07) is 1.98. The van der Waals surface area contributed by atoms with Crippen molar-refractivity contribution in [2.75, 3.05) is 25.6 Å². The molecule has 0 amide bonds. The zero-order chi connectivity index (χ0) is 11.4. The average Bonchev–Trinajstić information content (AvgIpc) is 2.17. The van der Waals surface area contributed by atoms with Crippen LogP contribution in [0, 0.1) is 11.3 Å². The summed E-state index contributed by atoms with van der Waals surface area (Å²) < 4.78 is 42.8. The van der Waals surface area contributed by atoms with Crippen molar-refractivity contribution in [2.45, 2.75) is 18.4 Å². The highest BCUT2D eigenvalue weighted by atomic mass is 32.3. The van der Waals surface area contributed by atoms with E-state index in [-0.39, 0.29) is 6.61 Å². The molecule has 1 fully saturated rings. The van der Waals surface area contributed by atoms with E-state index in [0.29, 0.717) is 26.1 Å². The van der Waals surface area contributed by atoms with Gasteiger partial charge in [0.1, 0.15) is 5.75 Å². The third-order valence-electron chi connectivity index (χ3n) is 2.21. The summed E-state index contributed by atoms with van der Waals surface area (Å²) in [5.41, 5.74) is -1.01. The van der Waals surface area contributed by atoms with E-state index in [2.05, 4.69) is 0 Å². The van der Waals surface area contributed by atoms with Crippen LogP contribution in [0.15, 0.2) is 0 Å². The molecule has 15 heavy (non-hydrogen) atoms. The van der Waals surface area contributed by atoms with Gasteiger partial charge in [0.15, 0.2) is 5.60 Å². The van der Waals surface area contributed by atoms with Gasteiger partial charge in [-0.1, -0.05) is 0 Å². The fourth-order valence-electron chi connectivity index (χ4n) is 1.33. The molecule has 86 valence electrons. The molecule has 0 aromatic carbocycles. The first-order valence-electron chi connectivity index (χ1n) is 4.53. The molecular weight excluding hydrogens is 225 g/mol. The van der Waals surface area contributed by atoms with Crippen LogP contribution >= 0.6 is 0 Å². The maximum Gasteiger partial charge on any atom is 0.304 e. The van der Waals surface area contributed by atoms with E-state index in [4.69, 9.17) is 14.7 Å². The quantitative estimate of drug-likeness (QED) is 0.660. The van der Waals surface area contributed by atoms with E-state index in [1.54, 1.807) is 0 Å². The van der Waals surface area contributed by atoms with E-state index in [1.165, 1.54) is 0 Å². The Morgan fingerprint density at radius 1 is 1.47 bits per heavy atom. The summed E-state index contributed by atoms with van der Waals surface area (Å²) >= 11 is 0. The second-order valence-corrected chi connectivity index (χ2v) is 4.80. The maximum atomic E-state index is 12.2. The lowest BCUT2D eigenvalue weighted by atomic mass is 9.96. The predicted molar refractivity (Wildman–Crippen MR) is 49.2 cm³/mol. The first kappa shape index (κ1) is 12.4. The molecule has 1 rings (SSSR count). The Morgan fingerprint density at radius 2 is 2.07 bits per heavy atom. The monoisotopic (exact) mass is 237 g/mol. The van der Waals surface area contributed by atoms with E-state index in [9.17, 15) is 12.3 Å². The van der Waals surface area contributed by atoms with Crippen LogP contribution in [0.1, 0.15) is 12.8 Å². The molecule has 1 heterocycles. The second-order valence-electron chi connectivity index (χ2n) is 3.31. The molecular formula is C8H12FNO4S. The Kier molecular flexibility index (Phi) is 4.02. The minimum atomic E-state index is -4.53. The van der Waals surface area contributed by atoms with Gasteiger partial charge < -0.3 is 9.47 Å². The van der Waals surface area contributed by atoms with Crippen molar-refractivity contribution in [1.82, 2.24) is 0 Å². The van der Waals surface area contributed by atoms with Gasteiger partial charge >= 0.3 is 10.2 Å². The molecule has 0 radical (unpaired) electrons. The number of hydrogen-bond donors (Lipinski definition) is 0. The van der Waals surface area contributed by atoms with Crippen LogP contribution in [0.5, 0.6) is 0 Å². The van der Waals surface area contributed by atoms with E-state index in [0.717, 1.165) is 0 Å². The first-order chi connectivity index (χ1) is 6.97. The molecule has 7 heteroatoms. The van der Waals surface area contributed by atoms with Crippen molar-refractivity contribution in [3.8, 4) is 6.07 Å². The van der Waals surface area contributed by atoms with Crippen LogP contribution in [0.2, 0.25) is 0 Å².